The number of rotatable bonds is 11. The van der Waals surface area contributed by atoms with E-state index in [2.05, 4.69) is 5.32 Å². The Bertz CT molecular complexity index is 910. The molecule has 1 atom stereocenters. The number of carbonyl (C=O) groups is 3. The summed E-state index contributed by atoms with van der Waals surface area (Å²) >= 11 is 1.59. The Morgan fingerprint density at radius 2 is 2.03 bits per heavy atom. The van der Waals surface area contributed by atoms with Gasteiger partial charge in [-0.05, 0) is 50.7 Å². The van der Waals surface area contributed by atoms with Gasteiger partial charge in [-0.15, -0.1) is 0 Å². The number of amides is 1. The van der Waals surface area contributed by atoms with Gasteiger partial charge >= 0.3 is 11.9 Å². The largest absolute Gasteiger partial charge is 0.507 e. The first-order chi connectivity index (χ1) is 15.2. The second-order valence-electron chi connectivity index (χ2n) is 7.59. The molecule has 1 aliphatic heterocycles. The van der Waals surface area contributed by atoms with Crippen LogP contribution in [-0.4, -0.2) is 55.2 Å². The summed E-state index contributed by atoms with van der Waals surface area (Å²) in [4.78, 5) is 36.2. The molecule has 2 N–H and O–H groups in total. The van der Waals surface area contributed by atoms with Gasteiger partial charge in [-0.1, -0.05) is 11.6 Å². The zero-order chi connectivity index (χ0) is 23.8. The van der Waals surface area contributed by atoms with Gasteiger partial charge in [0.1, 0.15) is 29.7 Å². The molecule has 1 amide bonds. The summed E-state index contributed by atoms with van der Waals surface area (Å²) in [7, 11) is 2.82. The topological polar surface area (TPSA) is 111 Å². The molecule has 0 unspecified atom stereocenters. The highest BCUT2D eigenvalue weighted by molar-refractivity contribution is 7.98. The molecule has 9 heteroatoms. The van der Waals surface area contributed by atoms with Gasteiger partial charge in [0.2, 0.25) is 5.91 Å². The first-order valence-electron chi connectivity index (χ1n) is 10.3. The van der Waals surface area contributed by atoms with E-state index in [0.29, 0.717) is 36.1 Å². The molecule has 2 rings (SSSR count). The number of nitrogens with one attached hydrogen (secondary N) is 1. The molecular formula is C23H31NO7S. The van der Waals surface area contributed by atoms with Crippen LogP contribution in [0.2, 0.25) is 0 Å². The van der Waals surface area contributed by atoms with Crippen molar-refractivity contribution in [2.24, 2.45) is 0 Å². The van der Waals surface area contributed by atoms with E-state index in [0.717, 1.165) is 16.9 Å². The van der Waals surface area contributed by atoms with E-state index in [1.54, 1.807) is 11.8 Å². The standard InChI is InChI=1S/C23H31NO7S/c1-13(7-9-18(25)24-17(10-11-32-5)22(27)30-4)6-8-15-20(26)19-16(12-31-23(19)28)14(2)21(15)29-3/h6,17,26H,7-12H2,1-5H3,(H,24,25)/b13-6+/t17-/m0/s1. The zero-order valence-corrected chi connectivity index (χ0v) is 20.0. The number of hydrogen-bond donors (Lipinski definition) is 2. The minimum absolute atomic E-state index is 0.123. The summed E-state index contributed by atoms with van der Waals surface area (Å²) in [5.41, 5.74) is 3.05. The molecular weight excluding hydrogens is 434 g/mol. The number of phenols is 1. The predicted octanol–water partition coefficient (Wildman–Crippen LogP) is 3.06. The third kappa shape index (κ3) is 5.97. The fourth-order valence-electron chi connectivity index (χ4n) is 3.61. The van der Waals surface area contributed by atoms with E-state index in [9.17, 15) is 19.5 Å². The second kappa shape index (κ2) is 11.8. The minimum atomic E-state index is -0.653. The van der Waals surface area contributed by atoms with Crippen molar-refractivity contribution in [3.8, 4) is 11.5 Å². The Morgan fingerprint density at radius 3 is 2.66 bits per heavy atom. The molecule has 1 aromatic rings. The van der Waals surface area contributed by atoms with Crippen LogP contribution in [0.5, 0.6) is 11.5 Å². The summed E-state index contributed by atoms with van der Waals surface area (Å²) in [6, 6.07) is -0.653. The Kier molecular flexibility index (Phi) is 9.43. The Labute approximate surface area is 192 Å². The average molecular weight is 466 g/mol. The molecule has 0 spiro atoms. The SMILES string of the molecule is COC(=O)[C@H](CCSC)NC(=O)CC/C(C)=C/Cc1c(O)c2c(c(C)c1OC)COC2=O. The van der Waals surface area contributed by atoms with Crippen LogP contribution in [0, 0.1) is 6.92 Å². The molecule has 1 aliphatic rings. The molecule has 1 heterocycles. The maximum atomic E-state index is 12.3. The molecule has 1 aromatic carbocycles. The highest BCUT2D eigenvalue weighted by Gasteiger charge is 2.31. The normalized spacial score (nSPS) is 13.9. The average Bonchev–Trinajstić information content (AvgIpc) is 3.17. The van der Waals surface area contributed by atoms with Crippen LogP contribution in [0.15, 0.2) is 11.6 Å². The third-order valence-electron chi connectivity index (χ3n) is 5.48. The van der Waals surface area contributed by atoms with Crippen molar-refractivity contribution in [1.29, 1.82) is 0 Å². The van der Waals surface area contributed by atoms with E-state index in [-0.39, 0.29) is 30.2 Å². The van der Waals surface area contributed by atoms with Crippen LogP contribution in [-0.2, 0) is 32.1 Å². The summed E-state index contributed by atoms with van der Waals surface area (Å²) < 4.78 is 15.3. The fraction of sp³-hybridized carbons (Fsp3) is 0.522. The quantitative estimate of drug-likeness (QED) is 0.379. The first-order valence-corrected chi connectivity index (χ1v) is 11.7. The van der Waals surface area contributed by atoms with Crippen LogP contribution < -0.4 is 10.1 Å². The number of allylic oxidation sites excluding steroid dienone is 2. The number of carbonyl (C=O) groups excluding carboxylic acids is 3. The van der Waals surface area contributed by atoms with Crippen LogP contribution in [0.1, 0.15) is 53.2 Å². The van der Waals surface area contributed by atoms with Gasteiger partial charge in [0.15, 0.2) is 0 Å². The molecule has 0 saturated heterocycles. The van der Waals surface area contributed by atoms with Gasteiger partial charge in [0.05, 0.1) is 14.2 Å². The number of cyclic esters (lactones) is 1. The smallest absolute Gasteiger partial charge is 0.342 e. The lowest BCUT2D eigenvalue weighted by Crippen LogP contribution is -2.41. The van der Waals surface area contributed by atoms with Crippen molar-refractivity contribution in [3.05, 3.63) is 33.9 Å². The van der Waals surface area contributed by atoms with Crippen molar-refractivity contribution in [1.82, 2.24) is 5.32 Å². The lowest BCUT2D eigenvalue weighted by atomic mass is 9.94. The third-order valence-corrected chi connectivity index (χ3v) is 6.12. The van der Waals surface area contributed by atoms with Crippen LogP contribution >= 0.6 is 11.8 Å². The van der Waals surface area contributed by atoms with E-state index < -0.39 is 18.0 Å². The second-order valence-corrected chi connectivity index (χ2v) is 8.58. The Hall–Kier alpha value is -2.68. The molecule has 0 radical (unpaired) electrons. The molecule has 32 heavy (non-hydrogen) atoms. The Morgan fingerprint density at radius 1 is 1.31 bits per heavy atom. The number of methoxy groups -OCH3 is 2. The summed E-state index contributed by atoms with van der Waals surface area (Å²) in [6.07, 6.45) is 5.37. The van der Waals surface area contributed by atoms with Gasteiger partial charge in [-0.2, -0.15) is 11.8 Å². The van der Waals surface area contributed by atoms with Crippen molar-refractivity contribution < 1.29 is 33.7 Å². The summed E-state index contributed by atoms with van der Waals surface area (Å²) in [5.74, 6) is -0.0857. The van der Waals surface area contributed by atoms with Crippen LogP contribution in [0.25, 0.3) is 0 Å². The lowest BCUT2D eigenvalue weighted by molar-refractivity contribution is -0.145. The molecule has 8 nitrogen and oxygen atoms in total. The van der Waals surface area contributed by atoms with Crippen LogP contribution in [0.4, 0.5) is 0 Å². The van der Waals surface area contributed by atoms with Crippen molar-refractivity contribution in [2.75, 3.05) is 26.2 Å². The molecule has 0 aromatic heterocycles. The highest BCUT2D eigenvalue weighted by atomic mass is 32.2. The monoisotopic (exact) mass is 465 g/mol. The Balaban J connectivity index is 2.05. The van der Waals surface area contributed by atoms with Crippen molar-refractivity contribution in [3.63, 3.8) is 0 Å². The van der Waals surface area contributed by atoms with E-state index >= 15 is 0 Å². The van der Waals surface area contributed by atoms with Crippen LogP contribution in [0.3, 0.4) is 0 Å². The highest BCUT2D eigenvalue weighted by Crippen LogP contribution is 2.42. The number of hydrogen-bond acceptors (Lipinski definition) is 8. The van der Waals surface area contributed by atoms with Crippen molar-refractivity contribution >= 4 is 29.6 Å². The van der Waals surface area contributed by atoms with Gasteiger partial charge in [0.25, 0.3) is 0 Å². The van der Waals surface area contributed by atoms with Crippen molar-refractivity contribution in [2.45, 2.75) is 52.2 Å². The van der Waals surface area contributed by atoms with Gasteiger partial charge in [-0.3, -0.25) is 4.79 Å². The predicted molar refractivity (Wildman–Crippen MR) is 122 cm³/mol. The van der Waals surface area contributed by atoms with Gasteiger partial charge in [-0.25, -0.2) is 9.59 Å². The first kappa shape index (κ1) is 25.6. The number of benzene rings is 1. The maximum absolute atomic E-state index is 12.3. The molecule has 0 aliphatic carbocycles. The zero-order valence-electron chi connectivity index (χ0n) is 19.2. The lowest BCUT2D eigenvalue weighted by Gasteiger charge is -2.16. The number of aromatic hydroxyl groups is 1. The number of ether oxygens (including phenoxy) is 3. The van der Waals surface area contributed by atoms with Gasteiger partial charge < -0.3 is 24.6 Å². The number of phenolic OH excluding ortho intramolecular Hbond substituents is 1. The molecule has 0 bridgehead atoms. The number of fused-ring (bicyclic) bond motifs is 1. The maximum Gasteiger partial charge on any atom is 0.342 e. The van der Waals surface area contributed by atoms with E-state index in [4.69, 9.17) is 14.2 Å². The van der Waals surface area contributed by atoms with Gasteiger partial charge in [0, 0.05) is 17.5 Å². The van der Waals surface area contributed by atoms with E-state index in [1.807, 2.05) is 26.2 Å². The number of esters is 2. The summed E-state index contributed by atoms with van der Waals surface area (Å²) in [6.45, 7) is 3.84. The molecule has 0 fully saturated rings. The summed E-state index contributed by atoms with van der Waals surface area (Å²) in [5, 5.41) is 13.4. The minimum Gasteiger partial charge on any atom is -0.507 e. The fourth-order valence-corrected chi connectivity index (χ4v) is 4.08. The van der Waals surface area contributed by atoms with E-state index in [1.165, 1.54) is 14.2 Å². The number of thioether (sulfide) groups is 1. The molecule has 176 valence electrons. The molecule has 0 saturated carbocycles.